The lowest BCUT2D eigenvalue weighted by molar-refractivity contribution is 0.690. The molecule has 0 N–H and O–H groups in total. The third kappa shape index (κ3) is 4.27. The van der Waals surface area contributed by atoms with Gasteiger partial charge in [0.2, 0.25) is 0 Å². The van der Waals surface area contributed by atoms with Crippen molar-refractivity contribution in [3.05, 3.63) is 30.1 Å². The van der Waals surface area contributed by atoms with E-state index in [0.29, 0.717) is 6.42 Å². The number of aromatic nitrogens is 1. The Morgan fingerprint density at radius 2 is 1.92 bits per heavy atom. The fourth-order valence-corrected chi connectivity index (χ4v) is 1.26. The summed E-state index contributed by atoms with van der Waals surface area (Å²) in [6.45, 7) is 0. The van der Waals surface area contributed by atoms with Crippen LogP contribution in [0.2, 0.25) is 0 Å². The van der Waals surface area contributed by atoms with E-state index in [9.17, 15) is 0 Å². The Morgan fingerprint density at radius 3 is 2.62 bits per heavy atom. The first-order valence-electron chi connectivity index (χ1n) is 4.69. The van der Waals surface area contributed by atoms with Crippen molar-refractivity contribution in [2.24, 2.45) is 0 Å². The zero-order chi connectivity index (χ0) is 9.36. The number of nitrogens with zero attached hydrogens (tertiary/aromatic N) is 2. The summed E-state index contributed by atoms with van der Waals surface area (Å²) in [6.07, 6.45) is 8.79. The third-order valence-electron chi connectivity index (χ3n) is 2.00. The minimum Gasteiger partial charge on any atom is -0.265 e. The van der Waals surface area contributed by atoms with Gasteiger partial charge in [-0.05, 0) is 37.0 Å². The second-order valence-corrected chi connectivity index (χ2v) is 3.07. The zero-order valence-corrected chi connectivity index (χ0v) is 7.74. The standard InChI is InChI=1S/C11H14N2/c12-8-4-2-1-3-5-11-6-9-13-10-7-11/h6-7,9-10H,1-5H2. The topological polar surface area (TPSA) is 36.7 Å². The van der Waals surface area contributed by atoms with Crippen molar-refractivity contribution in [2.75, 3.05) is 0 Å². The molecule has 1 heterocycles. The highest BCUT2D eigenvalue weighted by atomic mass is 14.6. The number of aryl methyl sites for hydroxylation is 1. The van der Waals surface area contributed by atoms with Gasteiger partial charge in [0.25, 0.3) is 0 Å². The molecule has 2 heteroatoms. The van der Waals surface area contributed by atoms with Crippen molar-refractivity contribution in [1.29, 1.82) is 5.26 Å². The van der Waals surface area contributed by atoms with Gasteiger partial charge in [0.05, 0.1) is 6.07 Å². The molecule has 0 aliphatic carbocycles. The quantitative estimate of drug-likeness (QED) is 0.643. The van der Waals surface area contributed by atoms with E-state index < -0.39 is 0 Å². The smallest absolute Gasteiger partial charge is 0.0621 e. The fourth-order valence-electron chi connectivity index (χ4n) is 1.26. The molecule has 68 valence electrons. The van der Waals surface area contributed by atoms with Gasteiger partial charge in [-0.3, -0.25) is 4.98 Å². The van der Waals surface area contributed by atoms with Crippen molar-refractivity contribution in [2.45, 2.75) is 32.1 Å². The van der Waals surface area contributed by atoms with E-state index in [2.05, 4.69) is 11.1 Å². The van der Waals surface area contributed by atoms with Gasteiger partial charge in [-0.25, -0.2) is 0 Å². The third-order valence-corrected chi connectivity index (χ3v) is 2.00. The molecule has 0 spiro atoms. The van der Waals surface area contributed by atoms with Crippen LogP contribution in [0.25, 0.3) is 0 Å². The summed E-state index contributed by atoms with van der Waals surface area (Å²) >= 11 is 0. The summed E-state index contributed by atoms with van der Waals surface area (Å²) in [5.74, 6) is 0. The highest BCUT2D eigenvalue weighted by molar-refractivity contribution is 5.09. The molecular formula is C11H14N2. The Hall–Kier alpha value is -1.36. The lowest BCUT2D eigenvalue weighted by Gasteiger charge is -1.98. The predicted octanol–water partition coefficient (Wildman–Crippen LogP) is 2.71. The average Bonchev–Trinajstić information content (AvgIpc) is 2.19. The molecule has 0 bridgehead atoms. The molecule has 0 saturated carbocycles. The monoisotopic (exact) mass is 174 g/mol. The Labute approximate surface area is 79.2 Å². The number of hydrogen-bond donors (Lipinski definition) is 0. The first-order chi connectivity index (χ1) is 6.43. The van der Waals surface area contributed by atoms with Crippen molar-refractivity contribution in [1.82, 2.24) is 4.98 Å². The zero-order valence-electron chi connectivity index (χ0n) is 7.74. The molecule has 1 rings (SSSR count). The number of nitriles is 1. The van der Waals surface area contributed by atoms with Crippen LogP contribution in [-0.4, -0.2) is 4.98 Å². The number of unbranched alkanes of at least 4 members (excludes halogenated alkanes) is 3. The molecule has 0 aliphatic rings. The van der Waals surface area contributed by atoms with Gasteiger partial charge in [-0.2, -0.15) is 5.26 Å². The Kier molecular flexibility index (Phi) is 4.63. The highest BCUT2D eigenvalue weighted by Crippen LogP contribution is 2.06. The van der Waals surface area contributed by atoms with E-state index in [1.54, 1.807) is 0 Å². The van der Waals surface area contributed by atoms with Crippen molar-refractivity contribution >= 4 is 0 Å². The first-order valence-corrected chi connectivity index (χ1v) is 4.69. The molecule has 0 unspecified atom stereocenters. The minimum absolute atomic E-state index is 0.691. The average molecular weight is 174 g/mol. The summed E-state index contributed by atoms with van der Waals surface area (Å²) < 4.78 is 0. The molecule has 2 nitrogen and oxygen atoms in total. The molecule has 0 fully saturated rings. The van der Waals surface area contributed by atoms with Crippen LogP contribution in [0.1, 0.15) is 31.2 Å². The second kappa shape index (κ2) is 6.19. The van der Waals surface area contributed by atoms with Crippen LogP contribution in [0, 0.1) is 11.3 Å². The summed E-state index contributed by atoms with van der Waals surface area (Å²) in [4.78, 5) is 3.96. The van der Waals surface area contributed by atoms with Gasteiger partial charge in [0, 0.05) is 18.8 Å². The highest BCUT2D eigenvalue weighted by Gasteiger charge is 1.92. The molecule has 0 saturated heterocycles. The summed E-state index contributed by atoms with van der Waals surface area (Å²) in [7, 11) is 0. The minimum atomic E-state index is 0.691. The summed E-state index contributed by atoms with van der Waals surface area (Å²) in [5, 5.41) is 8.32. The van der Waals surface area contributed by atoms with Crippen LogP contribution >= 0.6 is 0 Å². The van der Waals surface area contributed by atoms with E-state index in [1.165, 1.54) is 12.0 Å². The van der Waals surface area contributed by atoms with Crippen LogP contribution < -0.4 is 0 Å². The van der Waals surface area contributed by atoms with Crippen LogP contribution in [0.4, 0.5) is 0 Å². The van der Waals surface area contributed by atoms with Crippen molar-refractivity contribution in [3.8, 4) is 6.07 Å². The summed E-state index contributed by atoms with van der Waals surface area (Å²) in [6, 6.07) is 6.25. The molecule has 0 radical (unpaired) electrons. The second-order valence-electron chi connectivity index (χ2n) is 3.07. The summed E-state index contributed by atoms with van der Waals surface area (Å²) in [5.41, 5.74) is 1.34. The molecule has 0 atom stereocenters. The van der Waals surface area contributed by atoms with Crippen molar-refractivity contribution < 1.29 is 0 Å². The number of rotatable bonds is 5. The molecule has 0 amide bonds. The van der Waals surface area contributed by atoms with Gasteiger partial charge in [0.1, 0.15) is 0 Å². The van der Waals surface area contributed by atoms with Gasteiger partial charge >= 0.3 is 0 Å². The van der Waals surface area contributed by atoms with Gasteiger partial charge in [-0.1, -0.05) is 6.42 Å². The van der Waals surface area contributed by atoms with E-state index >= 15 is 0 Å². The van der Waals surface area contributed by atoms with Crippen molar-refractivity contribution in [3.63, 3.8) is 0 Å². The molecule has 1 aromatic heterocycles. The van der Waals surface area contributed by atoms with Crippen LogP contribution in [0.15, 0.2) is 24.5 Å². The maximum absolute atomic E-state index is 8.32. The number of hydrogen-bond acceptors (Lipinski definition) is 2. The fraction of sp³-hybridized carbons (Fsp3) is 0.455. The van der Waals surface area contributed by atoms with Gasteiger partial charge in [-0.15, -0.1) is 0 Å². The normalized spacial score (nSPS) is 9.46. The Balaban J connectivity index is 2.11. The SMILES string of the molecule is N#CCCCCCc1ccncc1. The molecular weight excluding hydrogens is 160 g/mol. The molecule has 0 aromatic carbocycles. The van der Waals surface area contributed by atoms with Crippen LogP contribution in [-0.2, 0) is 6.42 Å². The van der Waals surface area contributed by atoms with E-state index in [0.717, 1.165) is 19.3 Å². The molecule has 1 aromatic rings. The largest absolute Gasteiger partial charge is 0.265 e. The van der Waals surface area contributed by atoms with Crippen LogP contribution in [0.3, 0.4) is 0 Å². The maximum atomic E-state index is 8.32. The number of pyridine rings is 1. The van der Waals surface area contributed by atoms with Gasteiger partial charge < -0.3 is 0 Å². The Morgan fingerprint density at radius 1 is 1.15 bits per heavy atom. The van der Waals surface area contributed by atoms with Gasteiger partial charge in [0.15, 0.2) is 0 Å². The Bertz CT molecular complexity index is 261. The lowest BCUT2D eigenvalue weighted by atomic mass is 10.1. The predicted molar refractivity (Wildman–Crippen MR) is 52.0 cm³/mol. The lowest BCUT2D eigenvalue weighted by Crippen LogP contribution is -1.85. The first kappa shape index (κ1) is 9.73. The van der Waals surface area contributed by atoms with Crippen LogP contribution in [0.5, 0.6) is 0 Å². The van der Waals surface area contributed by atoms with E-state index in [-0.39, 0.29) is 0 Å². The van der Waals surface area contributed by atoms with E-state index in [1.807, 2.05) is 24.5 Å². The maximum Gasteiger partial charge on any atom is 0.0621 e. The molecule has 0 aliphatic heterocycles. The molecule has 13 heavy (non-hydrogen) atoms. The van der Waals surface area contributed by atoms with E-state index in [4.69, 9.17) is 5.26 Å².